The third-order valence-electron chi connectivity index (χ3n) is 2.49. The van der Waals surface area contributed by atoms with E-state index in [9.17, 15) is 9.90 Å². The lowest BCUT2D eigenvalue weighted by Gasteiger charge is -2.05. The van der Waals surface area contributed by atoms with Crippen LogP contribution in [0.15, 0.2) is 39.4 Å². The molecule has 100 valence electrons. The number of aromatic nitrogens is 3. The molecule has 2 aromatic rings. The number of aryl methyl sites for hydroxylation is 1. The molecule has 0 aromatic carbocycles. The highest BCUT2D eigenvalue weighted by Crippen LogP contribution is 2.25. The van der Waals surface area contributed by atoms with Gasteiger partial charge in [-0.15, -0.1) is 0 Å². The van der Waals surface area contributed by atoms with Crippen LogP contribution in [0.4, 0.5) is 0 Å². The third kappa shape index (κ3) is 3.65. The van der Waals surface area contributed by atoms with Gasteiger partial charge in [0.2, 0.25) is 0 Å². The second-order valence-electron chi connectivity index (χ2n) is 4.02. The van der Waals surface area contributed by atoms with Gasteiger partial charge in [-0.2, -0.15) is 0 Å². The fraction of sp³-hybridized carbons (Fsp3) is 0.308. The van der Waals surface area contributed by atoms with Crippen LogP contribution in [-0.4, -0.2) is 20.1 Å². The number of H-pyrrole nitrogens is 1. The topological polar surface area (TPSA) is 78.9 Å². The molecule has 0 aliphatic heterocycles. The van der Waals surface area contributed by atoms with Crippen LogP contribution in [0.25, 0.3) is 0 Å². The molecule has 2 heterocycles. The molecule has 6 heteroatoms. The summed E-state index contributed by atoms with van der Waals surface area (Å²) in [6.07, 6.45) is 3.36. The maximum Gasteiger partial charge on any atom is 0.251 e. The number of aliphatic hydroxyl groups is 1. The minimum atomic E-state index is -0.164. The highest BCUT2D eigenvalue weighted by atomic mass is 32.2. The summed E-state index contributed by atoms with van der Waals surface area (Å²) in [5, 5.41) is 10.4. The number of hydrogen-bond acceptors (Lipinski definition) is 5. The zero-order valence-corrected chi connectivity index (χ0v) is 11.4. The first kappa shape index (κ1) is 13.8. The van der Waals surface area contributed by atoms with Crippen LogP contribution < -0.4 is 5.56 Å². The van der Waals surface area contributed by atoms with Gasteiger partial charge in [-0.05, 0) is 24.2 Å². The molecular weight excluding hydrogens is 262 g/mol. The van der Waals surface area contributed by atoms with Gasteiger partial charge in [0.05, 0.1) is 6.61 Å². The number of aliphatic hydroxyl groups excluding tert-OH is 1. The third-order valence-corrected chi connectivity index (χ3v) is 3.44. The molecule has 0 atom stereocenters. The van der Waals surface area contributed by atoms with Crippen LogP contribution in [0.5, 0.6) is 0 Å². The summed E-state index contributed by atoms with van der Waals surface area (Å²) in [4.78, 5) is 22.8. The molecule has 0 amide bonds. The summed E-state index contributed by atoms with van der Waals surface area (Å²) < 4.78 is 0. The molecule has 0 saturated carbocycles. The fourth-order valence-electron chi connectivity index (χ4n) is 1.64. The predicted octanol–water partition coefficient (Wildman–Crippen LogP) is 1.76. The molecule has 0 aliphatic carbocycles. The van der Waals surface area contributed by atoms with E-state index in [0.29, 0.717) is 10.2 Å². The van der Waals surface area contributed by atoms with Crippen molar-refractivity contribution in [2.45, 2.75) is 36.6 Å². The van der Waals surface area contributed by atoms with Gasteiger partial charge in [0, 0.05) is 23.5 Å². The first-order valence-corrected chi connectivity index (χ1v) is 6.87. The van der Waals surface area contributed by atoms with E-state index < -0.39 is 0 Å². The number of pyridine rings is 1. The van der Waals surface area contributed by atoms with Gasteiger partial charge in [-0.3, -0.25) is 4.79 Å². The first-order valence-electron chi connectivity index (χ1n) is 6.05. The zero-order valence-electron chi connectivity index (χ0n) is 10.6. The molecule has 2 aromatic heterocycles. The maximum absolute atomic E-state index is 11.6. The number of hydrogen-bond donors (Lipinski definition) is 2. The molecule has 0 fully saturated rings. The van der Waals surface area contributed by atoms with Gasteiger partial charge in [-0.25, -0.2) is 9.97 Å². The monoisotopic (exact) mass is 277 g/mol. The van der Waals surface area contributed by atoms with Crippen molar-refractivity contribution in [2.75, 3.05) is 0 Å². The highest BCUT2D eigenvalue weighted by Gasteiger charge is 2.08. The summed E-state index contributed by atoms with van der Waals surface area (Å²) in [7, 11) is 0. The van der Waals surface area contributed by atoms with E-state index in [2.05, 4.69) is 15.0 Å². The molecule has 0 bridgehead atoms. The number of rotatable bonds is 5. The smallest absolute Gasteiger partial charge is 0.251 e. The molecule has 0 unspecified atom stereocenters. The second kappa shape index (κ2) is 6.49. The van der Waals surface area contributed by atoms with E-state index in [4.69, 9.17) is 0 Å². The van der Waals surface area contributed by atoms with E-state index in [1.54, 1.807) is 18.3 Å². The molecule has 19 heavy (non-hydrogen) atoms. The van der Waals surface area contributed by atoms with E-state index in [-0.39, 0.29) is 12.2 Å². The lowest BCUT2D eigenvalue weighted by Crippen LogP contribution is -2.10. The van der Waals surface area contributed by atoms with Crippen LogP contribution >= 0.6 is 11.8 Å². The molecule has 5 nitrogen and oxygen atoms in total. The van der Waals surface area contributed by atoms with Crippen molar-refractivity contribution < 1.29 is 5.11 Å². The van der Waals surface area contributed by atoms with Crippen molar-refractivity contribution >= 4 is 11.8 Å². The van der Waals surface area contributed by atoms with E-state index in [1.807, 2.05) is 6.92 Å². The van der Waals surface area contributed by atoms with E-state index in [1.165, 1.54) is 17.8 Å². The Labute approximate surface area is 115 Å². The van der Waals surface area contributed by atoms with Crippen LogP contribution in [0.1, 0.15) is 24.6 Å². The Balaban J connectivity index is 2.30. The Morgan fingerprint density at radius 1 is 1.47 bits per heavy atom. The lowest BCUT2D eigenvalue weighted by atomic mass is 10.2. The molecule has 2 rings (SSSR count). The number of nitrogens with one attached hydrogen (secondary N) is 1. The van der Waals surface area contributed by atoms with Gasteiger partial charge < -0.3 is 10.1 Å². The highest BCUT2D eigenvalue weighted by molar-refractivity contribution is 7.99. The summed E-state index contributed by atoms with van der Waals surface area (Å²) in [6.45, 7) is 1.95. The van der Waals surface area contributed by atoms with Crippen LogP contribution in [0, 0.1) is 0 Å². The second-order valence-corrected chi connectivity index (χ2v) is 5.00. The van der Waals surface area contributed by atoms with Gasteiger partial charge in [-0.1, -0.05) is 19.4 Å². The summed E-state index contributed by atoms with van der Waals surface area (Å²) in [6, 6.07) is 5.07. The normalized spacial score (nSPS) is 10.6. The molecule has 0 spiro atoms. The Bertz CT molecular complexity index is 613. The quantitative estimate of drug-likeness (QED) is 0.814. The summed E-state index contributed by atoms with van der Waals surface area (Å²) in [5.74, 6) is 0. The van der Waals surface area contributed by atoms with Crippen molar-refractivity contribution in [1.29, 1.82) is 0 Å². The van der Waals surface area contributed by atoms with Crippen molar-refractivity contribution in [2.24, 2.45) is 0 Å². The minimum Gasteiger partial charge on any atom is -0.392 e. The molecular formula is C13H15N3O2S. The largest absolute Gasteiger partial charge is 0.392 e. The van der Waals surface area contributed by atoms with Crippen molar-refractivity contribution in [3.8, 4) is 0 Å². The van der Waals surface area contributed by atoms with Gasteiger partial charge >= 0.3 is 0 Å². The minimum absolute atomic E-state index is 0.0882. The average Bonchev–Trinajstić information content (AvgIpc) is 2.39. The average molecular weight is 277 g/mol. The van der Waals surface area contributed by atoms with Crippen LogP contribution in [0.2, 0.25) is 0 Å². The predicted molar refractivity (Wildman–Crippen MR) is 73.1 cm³/mol. The Hall–Kier alpha value is -1.66. The van der Waals surface area contributed by atoms with Crippen molar-refractivity contribution in [3.63, 3.8) is 0 Å². The van der Waals surface area contributed by atoms with Gasteiger partial charge in [0.25, 0.3) is 5.56 Å². The Kier molecular flexibility index (Phi) is 4.70. The molecule has 2 N–H and O–H groups in total. The van der Waals surface area contributed by atoms with E-state index >= 15 is 0 Å². The SMILES string of the molecule is CCCc1cc(=O)[nH]c(Sc2ncccc2CO)n1. The zero-order chi connectivity index (χ0) is 13.7. The fourth-order valence-corrected chi connectivity index (χ4v) is 2.52. The summed E-state index contributed by atoms with van der Waals surface area (Å²) in [5.41, 5.74) is 1.33. The molecule has 0 aliphatic rings. The number of aromatic amines is 1. The van der Waals surface area contributed by atoms with E-state index in [0.717, 1.165) is 24.1 Å². The number of nitrogens with zero attached hydrogens (tertiary/aromatic N) is 2. The lowest BCUT2D eigenvalue weighted by molar-refractivity contribution is 0.278. The summed E-state index contributed by atoms with van der Waals surface area (Å²) >= 11 is 1.26. The van der Waals surface area contributed by atoms with Crippen LogP contribution in [-0.2, 0) is 13.0 Å². The standard InChI is InChI=1S/C13H15N3O2S/c1-2-4-10-7-11(18)16-13(15-10)19-12-9(8-17)5-3-6-14-12/h3,5-7,17H,2,4,8H2,1H3,(H,15,16,18). The molecule has 0 radical (unpaired) electrons. The Morgan fingerprint density at radius 2 is 2.32 bits per heavy atom. The van der Waals surface area contributed by atoms with Gasteiger partial charge in [0.1, 0.15) is 5.03 Å². The van der Waals surface area contributed by atoms with Crippen molar-refractivity contribution in [1.82, 2.24) is 15.0 Å². The van der Waals surface area contributed by atoms with Gasteiger partial charge in [0.15, 0.2) is 5.16 Å². The Morgan fingerprint density at radius 3 is 3.05 bits per heavy atom. The van der Waals surface area contributed by atoms with Crippen molar-refractivity contribution in [3.05, 3.63) is 46.0 Å². The maximum atomic E-state index is 11.6. The van der Waals surface area contributed by atoms with Crippen LogP contribution in [0.3, 0.4) is 0 Å². The molecule has 0 saturated heterocycles. The first-order chi connectivity index (χ1) is 9.22.